The molecule has 0 aliphatic carbocycles. The summed E-state index contributed by atoms with van der Waals surface area (Å²) < 4.78 is 12.7. The van der Waals surface area contributed by atoms with Gasteiger partial charge in [-0.1, -0.05) is 6.07 Å². The molecule has 0 saturated heterocycles. The number of fused-ring (bicyclic) bond motifs is 3. The maximum atomic E-state index is 12.8. The molecule has 0 radical (unpaired) electrons. The van der Waals surface area contributed by atoms with Crippen molar-refractivity contribution in [3.63, 3.8) is 0 Å². The van der Waals surface area contributed by atoms with Gasteiger partial charge in [-0.15, -0.1) is 0 Å². The Labute approximate surface area is 158 Å². The van der Waals surface area contributed by atoms with Crippen LogP contribution in [0.5, 0.6) is 11.5 Å². The van der Waals surface area contributed by atoms with E-state index >= 15 is 0 Å². The van der Waals surface area contributed by atoms with Crippen molar-refractivity contribution in [2.45, 2.75) is 13.0 Å². The molecule has 0 atom stereocenters. The van der Waals surface area contributed by atoms with Gasteiger partial charge < -0.3 is 9.47 Å². The molecule has 140 valence electrons. The van der Waals surface area contributed by atoms with Crippen molar-refractivity contribution in [3.05, 3.63) is 68.3 Å². The van der Waals surface area contributed by atoms with Crippen molar-refractivity contribution in [3.8, 4) is 11.5 Å². The van der Waals surface area contributed by atoms with Crippen LogP contribution in [0.1, 0.15) is 17.8 Å². The highest BCUT2D eigenvalue weighted by Crippen LogP contribution is 2.33. The van der Waals surface area contributed by atoms with Crippen molar-refractivity contribution < 1.29 is 14.4 Å². The Morgan fingerprint density at radius 1 is 1.11 bits per heavy atom. The smallest absolute Gasteiger partial charge is 0.270 e. The molecule has 8 heteroatoms. The number of allylic oxidation sites excluding steroid dienone is 1. The third kappa shape index (κ3) is 2.61. The number of rotatable bonds is 2. The molecule has 5 rings (SSSR count). The van der Waals surface area contributed by atoms with Gasteiger partial charge in [-0.25, -0.2) is 4.98 Å². The van der Waals surface area contributed by atoms with E-state index in [4.69, 9.17) is 9.47 Å². The first-order chi connectivity index (χ1) is 13.6. The number of hydrogen-bond donors (Lipinski definition) is 0. The molecule has 0 saturated carbocycles. The molecule has 1 aromatic heterocycles. The number of benzene rings is 2. The molecule has 8 nitrogen and oxygen atoms in total. The number of non-ortho nitro benzene ring substituents is 1. The summed E-state index contributed by atoms with van der Waals surface area (Å²) >= 11 is 0. The molecule has 0 unspecified atom stereocenters. The summed E-state index contributed by atoms with van der Waals surface area (Å²) in [5.74, 6) is 2.03. The molecule has 0 fully saturated rings. The fourth-order valence-electron chi connectivity index (χ4n) is 3.61. The summed E-state index contributed by atoms with van der Waals surface area (Å²) in [6, 6.07) is 9.90. The third-order valence-corrected chi connectivity index (χ3v) is 4.95. The summed E-state index contributed by atoms with van der Waals surface area (Å²) in [6.07, 6.45) is 2.65. The van der Waals surface area contributed by atoms with Gasteiger partial charge in [-0.05, 0) is 41.8 Å². The zero-order valence-corrected chi connectivity index (χ0v) is 14.8. The number of nitro benzene ring substituents is 1. The summed E-state index contributed by atoms with van der Waals surface area (Å²) in [7, 11) is 0. The van der Waals surface area contributed by atoms with E-state index in [1.807, 2.05) is 24.3 Å². The Morgan fingerprint density at radius 3 is 2.75 bits per heavy atom. The molecule has 2 aliphatic heterocycles. The first-order valence-electron chi connectivity index (χ1n) is 8.90. The highest BCUT2D eigenvalue weighted by atomic mass is 16.6. The molecule has 3 heterocycles. The van der Waals surface area contributed by atoms with Gasteiger partial charge in [0.15, 0.2) is 11.5 Å². The van der Waals surface area contributed by atoms with Crippen LogP contribution < -0.4 is 15.0 Å². The summed E-state index contributed by atoms with van der Waals surface area (Å²) in [5.41, 5.74) is 1.96. The number of nitrogens with zero attached hydrogens (tertiary/aromatic N) is 3. The van der Waals surface area contributed by atoms with Crippen LogP contribution in [0.3, 0.4) is 0 Å². The molecule has 0 amide bonds. The monoisotopic (exact) mass is 377 g/mol. The fraction of sp³-hybridized carbons (Fsp3) is 0.200. The zero-order valence-electron chi connectivity index (χ0n) is 14.8. The summed E-state index contributed by atoms with van der Waals surface area (Å²) in [5, 5.41) is 11.3. The Balaban J connectivity index is 1.60. The van der Waals surface area contributed by atoms with Gasteiger partial charge in [0.2, 0.25) is 0 Å². The van der Waals surface area contributed by atoms with E-state index in [0.29, 0.717) is 43.3 Å². The predicted molar refractivity (Wildman–Crippen MR) is 103 cm³/mol. The average molecular weight is 377 g/mol. The molecular formula is C20H15N3O5. The quantitative estimate of drug-likeness (QED) is 0.503. The van der Waals surface area contributed by atoms with Crippen LogP contribution in [-0.2, 0) is 6.54 Å². The van der Waals surface area contributed by atoms with Gasteiger partial charge in [0.1, 0.15) is 19.0 Å². The first-order valence-corrected chi connectivity index (χ1v) is 8.90. The van der Waals surface area contributed by atoms with Crippen LogP contribution >= 0.6 is 0 Å². The van der Waals surface area contributed by atoms with Gasteiger partial charge in [-0.2, -0.15) is 0 Å². The van der Waals surface area contributed by atoms with Crippen LogP contribution in [0.4, 0.5) is 5.69 Å². The predicted octanol–water partition coefficient (Wildman–Crippen LogP) is 3.02. The maximum Gasteiger partial charge on any atom is 0.270 e. The van der Waals surface area contributed by atoms with E-state index in [2.05, 4.69) is 4.98 Å². The van der Waals surface area contributed by atoms with Crippen LogP contribution in [0.15, 0.2) is 41.2 Å². The van der Waals surface area contributed by atoms with E-state index in [9.17, 15) is 14.9 Å². The topological polar surface area (TPSA) is 96.5 Å². The fourth-order valence-corrected chi connectivity index (χ4v) is 3.61. The van der Waals surface area contributed by atoms with Crippen molar-refractivity contribution >= 4 is 28.2 Å². The number of nitro groups is 1. The second-order valence-electron chi connectivity index (χ2n) is 6.67. The SMILES string of the molecule is O=c1c2cc([N+](=O)[O-])ccc2nc2n1CCC2=Cc1ccc2c(c1)OCCO2. The Morgan fingerprint density at radius 2 is 1.93 bits per heavy atom. The Hall–Kier alpha value is -3.68. The van der Waals surface area contributed by atoms with Gasteiger partial charge in [0.05, 0.1) is 15.8 Å². The standard InChI is InChI=1S/C20H15N3O5/c24-20-15-11-14(23(25)26)2-3-16(15)21-19-13(5-6-22(19)20)9-12-1-4-17-18(10-12)28-8-7-27-17/h1-4,9-11H,5-8H2. The van der Waals surface area contributed by atoms with Crippen molar-refractivity contribution in [1.29, 1.82) is 0 Å². The van der Waals surface area contributed by atoms with Gasteiger partial charge in [0, 0.05) is 18.7 Å². The lowest BCUT2D eigenvalue weighted by Gasteiger charge is -2.18. The molecule has 3 aromatic rings. The highest BCUT2D eigenvalue weighted by molar-refractivity contribution is 5.86. The minimum Gasteiger partial charge on any atom is -0.486 e. The van der Waals surface area contributed by atoms with Gasteiger partial charge in [-0.3, -0.25) is 19.5 Å². The minimum absolute atomic E-state index is 0.114. The van der Waals surface area contributed by atoms with E-state index in [1.165, 1.54) is 18.2 Å². The highest BCUT2D eigenvalue weighted by Gasteiger charge is 2.22. The summed E-state index contributed by atoms with van der Waals surface area (Å²) in [4.78, 5) is 27.9. The average Bonchev–Trinajstić information content (AvgIpc) is 3.10. The molecule has 0 bridgehead atoms. The third-order valence-electron chi connectivity index (χ3n) is 4.95. The first kappa shape index (κ1) is 16.5. The lowest BCUT2D eigenvalue weighted by molar-refractivity contribution is -0.384. The molecule has 28 heavy (non-hydrogen) atoms. The van der Waals surface area contributed by atoms with E-state index in [-0.39, 0.29) is 16.6 Å². The summed E-state index contributed by atoms with van der Waals surface area (Å²) in [6.45, 7) is 1.56. The lowest BCUT2D eigenvalue weighted by atomic mass is 10.1. The maximum absolute atomic E-state index is 12.8. The minimum atomic E-state index is -0.510. The van der Waals surface area contributed by atoms with Crippen LogP contribution in [0, 0.1) is 10.1 Å². The second-order valence-corrected chi connectivity index (χ2v) is 6.67. The molecule has 0 N–H and O–H groups in total. The Bertz CT molecular complexity index is 1230. The van der Waals surface area contributed by atoms with Crippen LogP contribution in [0.2, 0.25) is 0 Å². The van der Waals surface area contributed by atoms with Crippen molar-refractivity contribution in [1.82, 2.24) is 9.55 Å². The number of hydrogen-bond acceptors (Lipinski definition) is 6. The molecule has 0 spiro atoms. The van der Waals surface area contributed by atoms with Crippen LogP contribution in [0.25, 0.3) is 22.6 Å². The largest absolute Gasteiger partial charge is 0.486 e. The van der Waals surface area contributed by atoms with Crippen molar-refractivity contribution in [2.24, 2.45) is 0 Å². The zero-order chi connectivity index (χ0) is 19.3. The van der Waals surface area contributed by atoms with Crippen molar-refractivity contribution in [2.75, 3.05) is 13.2 Å². The molecule has 2 aromatic carbocycles. The van der Waals surface area contributed by atoms with E-state index in [1.54, 1.807) is 4.57 Å². The molecule has 2 aliphatic rings. The molecular weight excluding hydrogens is 362 g/mol. The Kier molecular flexibility index (Phi) is 3.65. The number of ether oxygens (including phenoxy) is 2. The normalized spacial score (nSPS) is 16.4. The van der Waals surface area contributed by atoms with Gasteiger partial charge >= 0.3 is 0 Å². The van der Waals surface area contributed by atoms with Crippen LogP contribution in [-0.4, -0.2) is 27.7 Å². The van der Waals surface area contributed by atoms with E-state index in [0.717, 1.165) is 16.9 Å². The second kappa shape index (κ2) is 6.19. The van der Waals surface area contributed by atoms with Gasteiger partial charge in [0.25, 0.3) is 11.2 Å². The number of aromatic nitrogens is 2. The lowest BCUT2D eigenvalue weighted by Crippen LogP contribution is -2.20. The van der Waals surface area contributed by atoms with E-state index < -0.39 is 4.92 Å².